The molecule has 3 heteroatoms. The van der Waals surface area contributed by atoms with Crippen LogP contribution in [0.5, 0.6) is 0 Å². The summed E-state index contributed by atoms with van der Waals surface area (Å²) in [7, 11) is 0. The molecular weight excluding hydrogens is 194 g/mol. The maximum absolute atomic E-state index is 9.92. The number of H-pyrrole nitrogens is 1. The molecule has 0 saturated carbocycles. The number of hydrogen-bond acceptors (Lipinski definition) is 2. The van der Waals surface area contributed by atoms with E-state index in [1.54, 1.807) is 0 Å². The SMILES string of the molecule is OC(CC1CCSCC1)c1ccc[nH]1. The molecule has 0 aliphatic carbocycles. The van der Waals surface area contributed by atoms with E-state index in [1.165, 1.54) is 24.3 Å². The van der Waals surface area contributed by atoms with Crippen molar-refractivity contribution in [1.29, 1.82) is 0 Å². The fourth-order valence-corrected chi connectivity index (χ4v) is 3.18. The molecule has 0 radical (unpaired) electrons. The number of thioether (sulfide) groups is 1. The number of hydrogen-bond donors (Lipinski definition) is 2. The van der Waals surface area contributed by atoms with Crippen molar-refractivity contribution in [3.8, 4) is 0 Å². The van der Waals surface area contributed by atoms with Crippen molar-refractivity contribution in [3.63, 3.8) is 0 Å². The maximum Gasteiger partial charge on any atom is 0.0940 e. The van der Waals surface area contributed by atoms with Crippen LogP contribution < -0.4 is 0 Å². The molecule has 2 rings (SSSR count). The minimum atomic E-state index is -0.293. The molecule has 0 aromatic carbocycles. The first-order valence-electron chi connectivity index (χ1n) is 5.25. The molecule has 2 N–H and O–H groups in total. The van der Waals surface area contributed by atoms with Gasteiger partial charge in [-0.05, 0) is 48.8 Å². The molecule has 2 heterocycles. The molecule has 78 valence electrons. The molecule has 1 fully saturated rings. The van der Waals surface area contributed by atoms with E-state index in [0.29, 0.717) is 0 Å². The normalized spacial score (nSPS) is 20.9. The first-order valence-corrected chi connectivity index (χ1v) is 6.41. The van der Waals surface area contributed by atoms with Crippen LogP contribution >= 0.6 is 11.8 Å². The highest BCUT2D eigenvalue weighted by molar-refractivity contribution is 7.99. The molecule has 1 atom stereocenters. The summed E-state index contributed by atoms with van der Waals surface area (Å²) in [4.78, 5) is 3.07. The Morgan fingerprint density at radius 3 is 2.93 bits per heavy atom. The second-order valence-corrected chi connectivity index (χ2v) is 5.16. The van der Waals surface area contributed by atoms with E-state index in [-0.39, 0.29) is 6.10 Å². The summed E-state index contributed by atoms with van der Waals surface area (Å²) in [5.74, 6) is 3.25. The van der Waals surface area contributed by atoms with Gasteiger partial charge in [-0.15, -0.1) is 0 Å². The molecule has 0 bridgehead atoms. The topological polar surface area (TPSA) is 36.0 Å². The van der Waals surface area contributed by atoms with Crippen LogP contribution in [0.2, 0.25) is 0 Å². The zero-order valence-corrected chi connectivity index (χ0v) is 9.09. The van der Waals surface area contributed by atoms with E-state index in [2.05, 4.69) is 4.98 Å². The minimum Gasteiger partial charge on any atom is -0.387 e. The summed E-state index contributed by atoms with van der Waals surface area (Å²) >= 11 is 2.03. The third-order valence-corrected chi connectivity index (χ3v) is 3.93. The number of aromatic amines is 1. The van der Waals surface area contributed by atoms with Crippen LogP contribution in [-0.4, -0.2) is 21.6 Å². The molecule has 2 nitrogen and oxygen atoms in total. The number of aliphatic hydroxyl groups is 1. The predicted octanol–water partition coefficient (Wildman–Crippen LogP) is 2.58. The zero-order valence-electron chi connectivity index (χ0n) is 8.28. The maximum atomic E-state index is 9.92. The third kappa shape index (κ3) is 2.55. The first kappa shape index (κ1) is 10.1. The Balaban J connectivity index is 1.84. The van der Waals surface area contributed by atoms with E-state index >= 15 is 0 Å². The molecule has 0 spiro atoms. The zero-order chi connectivity index (χ0) is 9.80. The molecule has 0 amide bonds. The molecule has 1 aliphatic heterocycles. The van der Waals surface area contributed by atoms with Crippen molar-refractivity contribution < 1.29 is 5.11 Å². The number of aromatic nitrogens is 1. The highest BCUT2D eigenvalue weighted by Gasteiger charge is 2.18. The van der Waals surface area contributed by atoms with Gasteiger partial charge in [-0.3, -0.25) is 0 Å². The molecule has 1 aromatic heterocycles. The highest BCUT2D eigenvalue weighted by atomic mass is 32.2. The lowest BCUT2D eigenvalue weighted by Gasteiger charge is -2.23. The Morgan fingerprint density at radius 1 is 1.50 bits per heavy atom. The highest BCUT2D eigenvalue weighted by Crippen LogP contribution is 2.30. The molecule has 14 heavy (non-hydrogen) atoms. The summed E-state index contributed by atoms with van der Waals surface area (Å²) in [5.41, 5.74) is 0.961. The lowest BCUT2D eigenvalue weighted by atomic mass is 9.94. The Kier molecular flexibility index (Phi) is 3.54. The van der Waals surface area contributed by atoms with Gasteiger partial charge in [-0.1, -0.05) is 0 Å². The average Bonchev–Trinajstić information content (AvgIpc) is 2.72. The van der Waals surface area contributed by atoms with Gasteiger partial charge in [0.15, 0.2) is 0 Å². The van der Waals surface area contributed by atoms with Crippen LogP contribution in [0, 0.1) is 5.92 Å². The first-order chi connectivity index (χ1) is 6.86. The van der Waals surface area contributed by atoms with Gasteiger partial charge in [-0.2, -0.15) is 11.8 Å². The van der Waals surface area contributed by atoms with Crippen LogP contribution in [0.3, 0.4) is 0 Å². The van der Waals surface area contributed by atoms with Crippen LogP contribution in [0.1, 0.15) is 31.1 Å². The van der Waals surface area contributed by atoms with Crippen molar-refractivity contribution in [2.24, 2.45) is 5.92 Å². The standard InChI is InChI=1S/C11H17NOS/c13-11(10-2-1-5-12-10)8-9-3-6-14-7-4-9/h1-2,5,9,11-13H,3-4,6-8H2. The summed E-state index contributed by atoms with van der Waals surface area (Å²) in [6, 6.07) is 3.90. The number of nitrogens with one attached hydrogen (secondary N) is 1. The fraction of sp³-hybridized carbons (Fsp3) is 0.636. The van der Waals surface area contributed by atoms with Gasteiger partial charge >= 0.3 is 0 Å². The van der Waals surface area contributed by atoms with Crippen molar-refractivity contribution in [2.75, 3.05) is 11.5 Å². The molecule has 1 saturated heterocycles. The monoisotopic (exact) mass is 211 g/mol. The quantitative estimate of drug-likeness (QED) is 0.806. The van der Waals surface area contributed by atoms with Gasteiger partial charge in [0.25, 0.3) is 0 Å². The van der Waals surface area contributed by atoms with Gasteiger partial charge in [-0.25, -0.2) is 0 Å². The number of aliphatic hydroxyl groups excluding tert-OH is 1. The summed E-state index contributed by atoms with van der Waals surface area (Å²) < 4.78 is 0. The Labute approximate surface area is 89.1 Å². The summed E-state index contributed by atoms with van der Waals surface area (Å²) in [6.45, 7) is 0. The minimum absolute atomic E-state index is 0.293. The lowest BCUT2D eigenvalue weighted by Crippen LogP contribution is -2.13. The second-order valence-electron chi connectivity index (χ2n) is 3.93. The smallest absolute Gasteiger partial charge is 0.0940 e. The van der Waals surface area contributed by atoms with Crippen molar-refractivity contribution in [3.05, 3.63) is 24.0 Å². The fourth-order valence-electron chi connectivity index (χ4n) is 1.98. The molecule has 1 aliphatic rings. The van der Waals surface area contributed by atoms with E-state index in [1.807, 2.05) is 30.1 Å². The summed E-state index contributed by atoms with van der Waals surface area (Å²) in [5, 5.41) is 9.92. The van der Waals surface area contributed by atoms with E-state index < -0.39 is 0 Å². The Hall–Kier alpha value is -0.410. The van der Waals surface area contributed by atoms with E-state index in [0.717, 1.165) is 18.0 Å². The van der Waals surface area contributed by atoms with Gasteiger partial charge < -0.3 is 10.1 Å². The van der Waals surface area contributed by atoms with Crippen LogP contribution in [0.15, 0.2) is 18.3 Å². The van der Waals surface area contributed by atoms with E-state index in [4.69, 9.17) is 0 Å². The lowest BCUT2D eigenvalue weighted by molar-refractivity contribution is 0.137. The summed E-state index contributed by atoms with van der Waals surface area (Å²) in [6.07, 6.45) is 5.03. The van der Waals surface area contributed by atoms with Crippen LogP contribution in [0.4, 0.5) is 0 Å². The molecule has 1 aromatic rings. The molecule has 1 unspecified atom stereocenters. The predicted molar refractivity (Wildman–Crippen MR) is 60.4 cm³/mol. The van der Waals surface area contributed by atoms with Gasteiger partial charge in [0.2, 0.25) is 0 Å². The van der Waals surface area contributed by atoms with E-state index in [9.17, 15) is 5.11 Å². The van der Waals surface area contributed by atoms with Crippen molar-refractivity contribution >= 4 is 11.8 Å². The van der Waals surface area contributed by atoms with Gasteiger partial charge in [0.05, 0.1) is 6.10 Å². The van der Waals surface area contributed by atoms with Crippen LogP contribution in [0.25, 0.3) is 0 Å². The average molecular weight is 211 g/mol. The molecular formula is C11H17NOS. The van der Waals surface area contributed by atoms with Gasteiger partial charge in [0, 0.05) is 11.9 Å². The largest absolute Gasteiger partial charge is 0.387 e. The Bertz CT molecular complexity index is 254. The van der Waals surface area contributed by atoms with Gasteiger partial charge in [0.1, 0.15) is 0 Å². The number of rotatable bonds is 3. The van der Waals surface area contributed by atoms with Crippen molar-refractivity contribution in [2.45, 2.75) is 25.4 Å². The second kappa shape index (κ2) is 4.89. The Morgan fingerprint density at radius 2 is 2.29 bits per heavy atom. The third-order valence-electron chi connectivity index (χ3n) is 2.88. The van der Waals surface area contributed by atoms with Crippen molar-refractivity contribution in [1.82, 2.24) is 4.98 Å². The van der Waals surface area contributed by atoms with Crippen LogP contribution in [-0.2, 0) is 0 Å².